The highest BCUT2D eigenvalue weighted by molar-refractivity contribution is 5.16. The van der Waals surface area contributed by atoms with E-state index in [1.165, 1.54) is 5.56 Å². The van der Waals surface area contributed by atoms with Crippen LogP contribution in [0, 0.1) is 0 Å². The summed E-state index contributed by atoms with van der Waals surface area (Å²) in [6.07, 6.45) is 4.24. The first-order valence-corrected chi connectivity index (χ1v) is 7.54. The van der Waals surface area contributed by atoms with Gasteiger partial charge in [-0.05, 0) is 30.9 Å². The Morgan fingerprint density at radius 1 is 1.24 bits per heavy atom. The van der Waals surface area contributed by atoms with E-state index in [4.69, 9.17) is 9.84 Å². The molecule has 0 amide bonds. The molecule has 4 nitrogen and oxygen atoms in total. The molecule has 21 heavy (non-hydrogen) atoms. The summed E-state index contributed by atoms with van der Waals surface area (Å²) >= 11 is 0. The summed E-state index contributed by atoms with van der Waals surface area (Å²) in [5.74, 6) is 0.385. The van der Waals surface area contributed by atoms with Gasteiger partial charge in [0.15, 0.2) is 0 Å². The first-order valence-electron chi connectivity index (χ1n) is 7.54. The summed E-state index contributed by atoms with van der Waals surface area (Å²) in [6.45, 7) is 0.796. The van der Waals surface area contributed by atoms with Crippen LogP contribution in [0.5, 0.6) is 0 Å². The fourth-order valence-corrected chi connectivity index (χ4v) is 3.09. The predicted octanol–water partition coefficient (Wildman–Crippen LogP) is 2.57. The molecule has 1 aromatic heterocycles. The molecule has 1 heterocycles. The lowest BCUT2D eigenvalue weighted by Gasteiger charge is -2.31. The van der Waals surface area contributed by atoms with Crippen molar-refractivity contribution in [1.29, 1.82) is 0 Å². The Labute approximate surface area is 125 Å². The van der Waals surface area contributed by atoms with E-state index in [1.54, 1.807) is 7.11 Å². The summed E-state index contributed by atoms with van der Waals surface area (Å²) < 4.78 is 7.36. The van der Waals surface area contributed by atoms with Crippen LogP contribution in [-0.4, -0.2) is 34.2 Å². The van der Waals surface area contributed by atoms with E-state index < -0.39 is 0 Å². The summed E-state index contributed by atoms with van der Waals surface area (Å²) in [6, 6.07) is 12.4. The number of aliphatic hydroxyl groups excluding tert-OH is 1. The van der Waals surface area contributed by atoms with Gasteiger partial charge in [0.2, 0.25) is 0 Å². The van der Waals surface area contributed by atoms with Crippen LogP contribution < -0.4 is 0 Å². The molecule has 0 bridgehead atoms. The smallest absolute Gasteiger partial charge is 0.0836 e. The lowest BCUT2D eigenvalue weighted by Crippen LogP contribution is -2.34. The van der Waals surface area contributed by atoms with Crippen LogP contribution in [0.15, 0.2) is 42.6 Å². The van der Waals surface area contributed by atoms with Gasteiger partial charge >= 0.3 is 0 Å². The monoisotopic (exact) mass is 286 g/mol. The quantitative estimate of drug-likeness (QED) is 0.939. The topological polar surface area (TPSA) is 47.3 Å². The van der Waals surface area contributed by atoms with E-state index in [-0.39, 0.29) is 12.2 Å². The van der Waals surface area contributed by atoms with Crippen LogP contribution >= 0.6 is 0 Å². The van der Waals surface area contributed by atoms with Crippen molar-refractivity contribution in [2.75, 3.05) is 7.11 Å². The zero-order valence-corrected chi connectivity index (χ0v) is 12.4. The fraction of sp³-hybridized carbons (Fsp3) is 0.471. The molecule has 0 spiro atoms. The number of ether oxygens (including phenoxy) is 1. The number of rotatable bonds is 4. The maximum absolute atomic E-state index is 9.88. The van der Waals surface area contributed by atoms with Gasteiger partial charge in [0.1, 0.15) is 0 Å². The SMILES string of the molecule is CO[C@H]1CC(c2ccn(Cc3ccccc3)n2)CC[C@H]1O. The van der Waals surface area contributed by atoms with Crippen LogP contribution in [-0.2, 0) is 11.3 Å². The van der Waals surface area contributed by atoms with Crippen molar-refractivity contribution in [2.45, 2.75) is 43.9 Å². The summed E-state index contributed by atoms with van der Waals surface area (Å²) in [4.78, 5) is 0. The average molecular weight is 286 g/mol. The van der Waals surface area contributed by atoms with E-state index in [9.17, 15) is 5.11 Å². The van der Waals surface area contributed by atoms with Gasteiger partial charge in [-0.2, -0.15) is 5.10 Å². The van der Waals surface area contributed by atoms with Gasteiger partial charge in [-0.25, -0.2) is 0 Å². The Morgan fingerprint density at radius 3 is 2.81 bits per heavy atom. The molecule has 0 aliphatic heterocycles. The van der Waals surface area contributed by atoms with Crippen LogP contribution in [0.2, 0.25) is 0 Å². The molecule has 1 aliphatic rings. The van der Waals surface area contributed by atoms with Gasteiger partial charge in [-0.15, -0.1) is 0 Å². The molecule has 1 saturated carbocycles. The summed E-state index contributed by atoms with van der Waals surface area (Å²) in [5.41, 5.74) is 2.36. The highest BCUT2D eigenvalue weighted by Gasteiger charge is 2.30. The number of benzene rings is 1. The van der Waals surface area contributed by atoms with Crippen molar-refractivity contribution in [3.63, 3.8) is 0 Å². The standard InChI is InChI=1S/C17H22N2O2/c1-21-17-11-14(7-8-16(17)20)15-9-10-19(18-15)12-13-5-3-2-4-6-13/h2-6,9-10,14,16-17,20H,7-8,11-12H2,1H3/t14?,16-,17+/m1/s1. The van der Waals surface area contributed by atoms with Crippen molar-refractivity contribution in [1.82, 2.24) is 9.78 Å². The number of methoxy groups -OCH3 is 1. The van der Waals surface area contributed by atoms with Crippen molar-refractivity contribution < 1.29 is 9.84 Å². The van der Waals surface area contributed by atoms with Gasteiger partial charge in [0.05, 0.1) is 24.4 Å². The van der Waals surface area contributed by atoms with Crippen LogP contribution in [0.3, 0.4) is 0 Å². The van der Waals surface area contributed by atoms with E-state index >= 15 is 0 Å². The Hall–Kier alpha value is -1.65. The first kappa shape index (κ1) is 14.3. The fourth-order valence-electron chi connectivity index (χ4n) is 3.09. The molecule has 0 saturated heterocycles. The minimum absolute atomic E-state index is 0.0666. The molecule has 3 atom stereocenters. The van der Waals surface area contributed by atoms with E-state index in [2.05, 4.69) is 18.2 Å². The third-order valence-corrected chi connectivity index (χ3v) is 4.33. The maximum atomic E-state index is 9.88. The van der Waals surface area contributed by atoms with Crippen molar-refractivity contribution in [3.05, 3.63) is 53.9 Å². The minimum atomic E-state index is -0.336. The van der Waals surface area contributed by atoms with E-state index in [0.717, 1.165) is 31.5 Å². The highest BCUT2D eigenvalue weighted by atomic mass is 16.5. The van der Waals surface area contributed by atoms with Gasteiger partial charge in [-0.1, -0.05) is 30.3 Å². The second-order valence-corrected chi connectivity index (χ2v) is 5.78. The number of hydrogen-bond donors (Lipinski definition) is 1. The third kappa shape index (κ3) is 3.34. The molecule has 4 heteroatoms. The largest absolute Gasteiger partial charge is 0.390 e. The third-order valence-electron chi connectivity index (χ3n) is 4.33. The summed E-state index contributed by atoms with van der Waals surface area (Å²) in [5, 5.41) is 14.6. The Kier molecular flexibility index (Phi) is 4.36. The normalized spacial score (nSPS) is 25.9. The highest BCUT2D eigenvalue weighted by Crippen LogP contribution is 2.33. The van der Waals surface area contributed by atoms with Gasteiger partial charge in [0.25, 0.3) is 0 Å². The lowest BCUT2D eigenvalue weighted by atomic mass is 9.83. The molecule has 1 aromatic carbocycles. The van der Waals surface area contributed by atoms with Crippen molar-refractivity contribution in [2.24, 2.45) is 0 Å². The van der Waals surface area contributed by atoms with Crippen LogP contribution in [0.4, 0.5) is 0 Å². The molecular weight excluding hydrogens is 264 g/mol. The van der Waals surface area contributed by atoms with Gasteiger partial charge < -0.3 is 9.84 Å². The van der Waals surface area contributed by atoms with Gasteiger partial charge in [-0.3, -0.25) is 4.68 Å². The van der Waals surface area contributed by atoms with Crippen LogP contribution in [0.25, 0.3) is 0 Å². The number of aliphatic hydroxyl groups is 1. The molecular formula is C17H22N2O2. The van der Waals surface area contributed by atoms with Gasteiger partial charge in [0, 0.05) is 19.2 Å². The summed E-state index contributed by atoms with van der Waals surface area (Å²) in [7, 11) is 1.67. The Balaban J connectivity index is 1.67. The molecule has 1 fully saturated rings. The average Bonchev–Trinajstić information content (AvgIpc) is 2.97. The second kappa shape index (κ2) is 6.41. The molecule has 1 unspecified atom stereocenters. The zero-order valence-electron chi connectivity index (χ0n) is 12.4. The number of nitrogens with zero attached hydrogens (tertiary/aromatic N) is 2. The Bertz CT molecular complexity index is 567. The molecule has 0 radical (unpaired) electrons. The molecule has 1 aliphatic carbocycles. The molecule has 3 rings (SSSR count). The molecule has 112 valence electrons. The van der Waals surface area contributed by atoms with Crippen LogP contribution in [0.1, 0.15) is 36.4 Å². The van der Waals surface area contributed by atoms with Crippen molar-refractivity contribution in [3.8, 4) is 0 Å². The maximum Gasteiger partial charge on any atom is 0.0836 e. The first-order chi connectivity index (χ1) is 10.3. The Morgan fingerprint density at radius 2 is 2.05 bits per heavy atom. The van der Waals surface area contributed by atoms with E-state index in [1.807, 2.05) is 29.1 Å². The lowest BCUT2D eigenvalue weighted by molar-refractivity contribution is -0.0417. The second-order valence-electron chi connectivity index (χ2n) is 5.78. The number of hydrogen-bond acceptors (Lipinski definition) is 3. The number of aromatic nitrogens is 2. The van der Waals surface area contributed by atoms with E-state index in [0.29, 0.717) is 5.92 Å². The minimum Gasteiger partial charge on any atom is -0.390 e. The predicted molar refractivity (Wildman–Crippen MR) is 81.2 cm³/mol. The van der Waals surface area contributed by atoms with Crippen molar-refractivity contribution >= 4 is 0 Å². The zero-order chi connectivity index (χ0) is 14.7. The molecule has 2 aromatic rings. The molecule has 1 N–H and O–H groups in total.